The monoisotopic (exact) mass is 350 g/mol. The number of aliphatic hydroxyl groups is 1. The number of aliphatic hydroxyl groups excluding tert-OH is 1. The fourth-order valence-corrected chi connectivity index (χ4v) is 2.01. The minimum absolute atomic E-state index is 0.367. The lowest BCUT2D eigenvalue weighted by atomic mass is 10.1. The molecule has 0 aromatic rings. The zero-order chi connectivity index (χ0) is 18.0. The second-order valence-electron chi connectivity index (χ2n) is 4.70. The van der Waals surface area contributed by atoms with Crippen molar-refractivity contribution >= 4 is 35.5 Å². The number of rotatable bonds is 11. The number of nitrogens with one attached hydrogen (secondary N) is 2. The summed E-state index contributed by atoms with van der Waals surface area (Å²) in [6.07, 6.45) is 1.69. The van der Waals surface area contributed by atoms with E-state index < -0.39 is 54.8 Å². The third-order valence-corrected chi connectivity index (χ3v) is 3.45. The zero-order valence-electron chi connectivity index (χ0n) is 12.7. The van der Waals surface area contributed by atoms with E-state index in [0.717, 1.165) is 0 Å². The van der Waals surface area contributed by atoms with E-state index in [2.05, 4.69) is 5.32 Å². The minimum atomic E-state index is -1.56. The number of thioether (sulfide) groups is 1. The normalized spacial score (nSPS) is 14.4. The molecular weight excluding hydrogens is 328 g/mol. The second kappa shape index (κ2) is 10.8. The first-order valence-electron chi connectivity index (χ1n) is 6.70. The fourth-order valence-electron chi connectivity index (χ4n) is 1.52. The van der Waals surface area contributed by atoms with E-state index in [4.69, 9.17) is 21.7 Å². The highest BCUT2D eigenvalue weighted by Gasteiger charge is 2.28. The summed E-state index contributed by atoms with van der Waals surface area (Å²) < 4.78 is 0. The molecule has 0 aliphatic rings. The van der Waals surface area contributed by atoms with Crippen molar-refractivity contribution < 1.29 is 29.4 Å². The maximum Gasteiger partial charge on any atom is 0.328 e. The molecule has 132 valence electrons. The summed E-state index contributed by atoms with van der Waals surface area (Å²) in [6.45, 7) is -0.842. The molecule has 23 heavy (non-hydrogen) atoms. The van der Waals surface area contributed by atoms with E-state index in [1.807, 2.05) is 11.6 Å². The van der Waals surface area contributed by atoms with Gasteiger partial charge in [0.25, 0.3) is 0 Å². The van der Waals surface area contributed by atoms with E-state index in [1.165, 1.54) is 11.8 Å². The lowest BCUT2D eigenvalue weighted by Crippen LogP contribution is -2.56. The van der Waals surface area contributed by atoms with Gasteiger partial charge >= 0.3 is 5.97 Å². The van der Waals surface area contributed by atoms with E-state index in [1.54, 1.807) is 0 Å². The quantitative estimate of drug-likeness (QED) is 0.227. The molecule has 0 aliphatic heterocycles. The molecule has 0 aromatic heterocycles. The Bertz CT molecular complexity index is 447. The van der Waals surface area contributed by atoms with Crippen molar-refractivity contribution in [2.24, 2.45) is 11.5 Å². The van der Waals surface area contributed by atoms with Crippen molar-refractivity contribution in [2.75, 3.05) is 18.6 Å². The fraction of sp³-hybridized carbons (Fsp3) is 0.667. The molecule has 0 fully saturated rings. The standard InChI is InChI=1S/C12H22N4O6S/c1-23-3-2-6(13)10(19)15-7(4-9(14)18)11(20)16-8(5-17)12(21)22/h6-8,17H,2-5,13H2,1H3,(H2,14,18)(H,15,19)(H,16,20)(H,21,22)/t6-,7-,8-/m0/s1. The molecule has 3 amide bonds. The zero-order valence-corrected chi connectivity index (χ0v) is 13.5. The van der Waals surface area contributed by atoms with Gasteiger partial charge in [0.15, 0.2) is 0 Å². The van der Waals surface area contributed by atoms with Gasteiger partial charge in [-0.2, -0.15) is 11.8 Å². The molecule has 0 rings (SSSR count). The number of primary amides is 1. The number of carbonyl (C=O) groups excluding carboxylic acids is 3. The smallest absolute Gasteiger partial charge is 0.328 e. The minimum Gasteiger partial charge on any atom is -0.480 e. The van der Waals surface area contributed by atoms with Gasteiger partial charge in [0.05, 0.1) is 19.1 Å². The van der Waals surface area contributed by atoms with Crippen LogP contribution in [0.25, 0.3) is 0 Å². The Labute approximate surface area is 137 Å². The number of amides is 3. The Morgan fingerprint density at radius 3 is 2.13 bits per heavy atom. The molecule has 0 heterocycles. The van der Waals surface area contributed by atoms with Crippen LogP contribution in [0, 0.1) is 0 Å². The van der Waals surface area contributed by atoms with Gasteiger partial charge in [0.2, 0.25) is 17.7 Å². The van der Waals surface area contributed by atoms with E-state index >= 15 is 0 Å². The summed E-state index contributed by atoms with van der Waals surface area (Å²) in [7, 11) is 0. The molecular formula is C12H22N4O6S. The Kier molecular flexibility index (Phi) is 9.94. The Hall–Kier alpha value is -1.85. The molecule has 0 radical (unpaired) electrons. The first-order valence-corrected chi connectivity index (χ1v) is 8.09. The molecule has 0 saturated heterocycles. The number of carboxylic acids is 1. The molecule has 8 N–H and O–H groups in total. The van der Waals surface area contributed by atoms with Gasteiger partial charge in [-0.25, -0.2) is 4.79 Å². The first-order chi connectivity index (χ1) is 10.7. The van der Waals surface area contributed by atoms with Crippen LogP contribution < -0.4 is 22.1 Å². The molecule has 0 saturated carbocycles. The van der Waals surface area contributed by atoms with Crippen molar-refractivity contribution in [1.29, 1.82) is 0 Å². The third kappa shape index (κ3) is 8.38. The average Bonchev–Trinajstić information content (AvgIpc) is 2.48. The van der Waals surface area contributed by atoms with Crippen LogP contribution in [0.2, 0.25) is 0 Å². The molecule has 11 heteroatoms. The number of hydrogen-bond donors (Lipinski definition) is 6. The van der Waals surface area contributed by atoms with Crippen molar-refractivity contribution in [3.63, 3.8) is 0 Å². The number of carboxylic acid groups (broad SMARTS) is 1. The average molecular weight is 350 g/mol. The second-order valence-corrected chi connectivity index (χ2v) is 5.69. The SMILES string of the molecule is CSCC[C@H](N)C(=O)N[C@@H](CC(N)=O)C(=O)N[C@@H](CO)C(=O)O. The molecule has 3 atom stereocenters. The lowest BCUT2D eigenvalue weighted by Gasteiger charge is -2.21. The number of nitrogens with two attached hydrogens (primary N) is 2. The summed E-state index contributed by atoms with van der Waals surface area (Å²) in [5.41, 5.74) is 10.7. The maximum atomic E-state index is 12.0. The van der Waals surface area contributed by atoms with Gasteiger partial charge in [-0.1, -0.05) is 0 Å². The van der Waals surface area contributed by atoms with Crippen molar-refractivity contribution in [3.8, 4) is 0 Å². The van der Waals surface area contributed by atoms with Gasteiger partial charge in [0, 0.05) is 0 Å². The maximum absolute atomic E-state index is 12.0. The molecule has 10 nitrogen and oxygen atoms in total. The molecule has 0 unspecified atom stereocenters. The Balaban J connectivity index is 4.86. The summed E-state index contributed by atoms with van der Waals surface area (Å²) >= 11 is 1.49. The largest absolute Gasteiger partial charge is 0.480 e. The summed E-state index contributed by atoms with van der Waals surface area (Å²) in [4.78, 5) is 45.7. The Morgan fingerprint density at radius 2 is 1.70 bits per heavy atom. The van der Waals surface area contributed by atoms with Crippen LogP contribution in [-0.4, -0.2) is 70.6 Å². The van der Waals surface area contributed by atoms with Crippen LogP contribution in [0.4, 0.5) is 0 Å². The van der Waals surface area contributed by atoms with Crippen molar-refractivity contribution in [2.45, 2.75) is 31.0 Å². The van der Waals surface area contributed by atoms with Crippen molar-refractivity contribution in [1.82, 2.24) is 10.6 Å². The van der Waals surface area contributed by atoms with E-state index in [9.17, 15) is 19.2 Å². The molecule has 0 aliphatic carbocycles. The van der Waals surface area contributed by atoms with Gasteiger partial charge in [-0.15, -0.1) is 0 Å². The number of hydrogen-bond acceptors (Lipinski definition) is 7. The summed E-state index contributed by atoms with van der Waals surface area (Å²) in [5, 5.41) is 21.9. The van der Waals surface area contributed by atoms with Crippen LogP contribution >= 0.6 is 11.8 Å². The van der Waals surface area contributed by atoms with Crippen LogP contribution in [-0.2, 0) is 19.2 Å². The van der Waals surface area contributed by atoms with Crippen LogP contribution in [0.15, 0.2) is 0 Å². The van der Waals surface area contributed by atoms with Gasteiger partial charge in [-0.3, -0.25) is 14.4 Å². The highest BCUT2D eigenvalue weighted by atomic mass is 32.2. The molecule has 0 aromatic carbocycles. The predicted molar refractivity (Wildman–Crippen MR) is 83.4 cm³/mol. The highest BCUT2D eigenvalue weighted by molar-refractivity contribution is 7.98. The number of carbonyl (C=O) groups is 4. The summed E-state index contributed by atoms with van der Waals surface area (Å²) in [5.74, 6) is -3.29. The topological polar surface area (TPSA) is 185 Å². The van der Waals surface area contributed by atoms with E-state index in [-0.39, 0.29) is 0 Å². The van der Waals surface area contributed by atoms with Crippen LogP contribution in [0.3, 0.4) is 0 Å². The molecule has 0 bridgehead atoms. The first kappa shape index (κ1) is 21.1. The lowest BCUT2D eigenvalue weighted by molar-refractivity contribution is -0.143. The van der Waals surface area contributed by atoms with Gasteiger partial charge < -0.3 is 32.3 Å². The third-order valence-electron chi connectivity index (χ3n) is 2.81. The van der Waals surface area contributed by atoms with Crippen LogP contribution in [0.1, 0.15) is 12.8 Å². The Morgan fingerprint density at radius 1 is 1.13 bits per heavy atom. The van der Waals surface area contributed by atoms with Crippen molar-refractivity contribution in [3.05, 3.63) is 0 Å². The molecule has 0 spiro atoms. The number of aliphatic carboxylic acids is 1. The van der Waals surface area contributed by atoms with Gasteiger partial charge in [-0.05, 0) is 18.4 Å². The van der Waals surface area contributed by atoms with Crippen LogP contribution in [0.5, 0.6) is 0 Å². The predicted octanol–water partition coefficient (Wildman–Crippen LogP) is -3.01. The van der Waals surface area contributed by atoms with E-state index in [0.29, 0.717) is 12.2 Å². The summed E-state index contributed by atoms with van der Waals surface area (Å²) in [6, 6.07) is -3.80. The van der Waals surface area contributed by atoms with Gasteiger partial charge in [0.1, 0.15) is 12.1 Å². The highest BCUT2D eigenvalue weighted by Crippen LogP contribution is 2.01.